The molecule has 0 fully saturated rings. The van der Waals surface area contributed by atoms with Crippen molar-refractivity contribution >= 4 is 47.6 Å². The molecule has 0 saturated carbocycles. The second kappa shape index (κ2) is 98.0. The highest BCUT2D eigenvalue weighted by Gasteiger charge is 1.76. The standard InChI is InChI=1S/2C3H7NO.2C3H6O2.4C2H4O2.2CH5N.2CH4O/c2*1-3(5)4-2;2*1-3(4)5-2;4*1-2(3)4;4*1-2/h2*1-2H3,(H,4,5);2*1-2H3;4*1H3,(H,3,4);2*2H2,1H3;2*2H,1H3. The summed E-state index contributed by atoms with van der Waals surface area (Å²) in [7, 11) is 10.9. The predicted molar refractivity (Wildman–Crippen MR) is 165 cm³/mol. The molecular formula is C24H60N4O16. The number of hydrogen-bond acceptors (Lipinski definition) is 14. The molecule has 0 atom stereocenters. The van der Waals surface area contributed by atoms with Gasteiger partial charge in [-0.15, -0.1) is 0 Å². The lowest BCUT2D eigenvalue weighted by molar-refractivity contribution is -0.138. The van der Waals surface area contributed by atoms with Gasteiger partial charge in [0.15, 0.2) is 0 Å². The van der Waals surface area contributed by atoms with Crippen molar-refractivity contribution in [3.05, 3.63) is 0 Å². The third-order valence-electron chi connectivity index (χ3n) is 1.28. The van der Waals surface area contributed by atoms with Crippen molar-refractivity contribution in [2.24, 2.45) is 11.5 Å². The van der Waals surface area contributed by atoms with E-state index in [4.69, 9.17) is 49.8 Å². The first-order valence-corrected chi connectivity index (χ1v) is 11.3. The number of carboxylic acids is 4. The quantitative estimate of drug-likeness (QED) is 0.133. The van der Waals surface area contributed by atoms with Gasteiger partial charge in [-0.05, 0) is 14.1 Å². The van der Waals surface area contributed by atoms with Crippen LogP contribution in [0.2, 0.25) is 0 Å². The highest BCUT2D eigenvalue weighted by molar-refractivity contribution is 5.72. The highest BCUT2D eigenvalue weighted by Crippen LogP contribution is 1.60. The molecule has 20 heteroatoms. The molecule has 0 unspecified atom stereocenters. The summed E-state index contributed by atoms with van der Waals surface area (Å²) in [5.74, 6) is -3.81. The minimum Gasteiger partial charge on any atom is -0.481 e. The smallest absolute Gasteiger partial charge is 0.302 e. The molecule has 0 saturated heterocycles. The number of esters is 2. The number of carbonyl (C=O) groups is 8. The molecule has 44 heavy (non-hydrogen) atoms. The summed E-state index contributed by atoms with van der Waals surface area (Å²) >= 11 is 0. The Balaban J connectivity index is -0.0000000258. The van der Waals surface area contributed by atoms with Crippen LogP contribution in [0.3, 0.4) is 0 Å². The summed E-state index contributed by atoms with van der Waals surface area (Å²) < 4.78 is 8.22. The number of hydrogen-bond donors (Lipinski definition) is 10. The Morgan fingerprint density at radius 2 is 0.477 bits per heavy atom. The molecule has 0 rings (SSSR count). The van der Waals surface area contributed by atoms with Gasteiger partial charge in [-0.3, -0.25) is 38.4 Å². The van der Waals surface area contributed by atoms with Gasteiger partial charge in [0.1, 0.15) is 0 Å². The van der Waals surface area contributed by atoms with E-state index in [1.807, 2.05) is 0 Å². The molecule has 12 N–H and O–H groups in total. The molecule has 20 nitrogen and oxygen atoms in total. The van der Waals surface area contributed by atoms with Crippen LogP contribution in [0.4, 0.5) is 0 Å². The molecular weight excluding hydrogens is 600 g/mol. The summed E-state index contributed by atoms with van der Waals surface area (Å²) in [5.41, 5.74) is 9.00. The SMILES string of the molecule is CC(=O)O.CC(=O)O.CC(=O)O.CC(=O)O.CN.CN.CNC(C)=O.CNC(C)=O.CO.CO.COC(C)=O.COC(C)=O. The fraction of sp³-hybridized carbons (Fsp3) is 0.667. The Morgan fingerprint density at radius 3 is 0.477 bits per heavy atom. The van der Waals surface area contributed by atoms with Crippen LogP contribution in [-0.4, -0.2) is 135 Å². The number of aliphatic hydroxyl groups excluding tert-OH is 2. The molecule has 2 amide bonds. The van der Waals surface area contributed by atoms with E-state index in [1.165, 1.54) is 56.0 Å². The molecule has 0 heterocycles. The number of ether oxygens (including phenoxy) is 2. The Bertz CT molecular complexity index is 499. The van der Waals surface area contributed by atoms with E-state index in [0.717, 1.165) is 41.9 Å². The van der Waals surface area contributed by atoms with Crippen LogP contribution in [0, 0.1) is 0 Å². The zero-order chi connectivity index (χ0) is 39.4. The number of methoxy groups -OCH3 is 2. The molecule has 272 valence electrons. The van der Waals surface area contributed by atoms with Crippen LogP contribution < -0.4 is 22.1 Å². The Kier molecular flexibility index (Phi) is 172. The second-order valence-electron chi connectivity index (χ2n) is 5.08. The van der Waals surface area contributed by atoms with Crippen LogP contribution in [0.25, 0.3) is 0 Å². The van der Waals surface area contributed by atoms with E-state index >= 15 is 0 Å². The zero-order valence-corrected chi connectivity index (χ0v) is 28.9. The average Bonchev–Trinajstić information content (AvgIpc) is 2.92. The fourth-order valence-electron chi connectivity index (χ4n) is 0. The molecule has 0 spiro atoms. The van der Waals surface area contributed by atoms with Gasteiger partial charge in [0.25, 0.3) is 23.9 Å². The lowest BCUT2D eigenvalue weighted by atomic mass is 10.7. The summed E-state index contributed by atoms with van der Waals surface area (Å²) in [5, 5.41) is 48.4. The van der Waals surface area contributed by atoms with Crippen LogP contribution in [0.1, 0.15) is 55.4 Å². The molecule has 0 aliphatic rings. The first kappa shape index (κ1) is 77.5. The monoisotopic (exact) mass is 660 g/mol. The number of rotatable bonds is 0. The van der Waals surface area contributed by atoms with Crippen molar-refractivity contribution in [3.8, 4) is 0 Å². The zero-order valence-electron chi connectivity index (χ0n) is 28.9. The minimum absolute atomic E-state index is 0.00463. The van der Waals surface area contributed by atoms with Gasteiger partial charge >= 0.3 is 11.9 Å². The van der Waals surface area contributed by atoms with Crippen LogP contribution >= 0.6 is 0 Å². The molecule has 0 aromatic carbocycles. The van der Waals surface area contributed by atoms with Crippen molar-refractivity contribution in [1.29, 1.82) is 0 Å². The fourth-order valence-corrected chi connectivity index (χ4v) is 0. The molecule has 0 radical (unpaired) electrons. The maximum absolute atomic E-state index is 9.70. The van der Waals surface area contributed by atoms with E-state index in [-0.39, 0.29) is 23.8 Å². The Morgan fingerprint density at radius 1 is 0.432 bits per heavy atom. The molecule has 0 aliphatic carbocycles. The van der Waals surface area contributed by atoms with Gasteiger partial charge in [0.05, 0.1) is 14.2 Å². The van der Waals surface area contributed by atoms with Crippen molar-refractivity contribution < 1.29 is 78.5 Å². The third kappa shape index (κ3) is 3890. The number of nitrogens with one attached hydrogen (secondary N) is 2. The van der Waals surface area contributed by atoms with Crippen molar-refractivity contribution in [2.45, 2.75) is 55.4 Å². The van der Waals surface area contributed by atoms with Gasteiger partial charge < -0.3 is 62.2 Å². The van der Waals surface area contributed by atoms with Gasteiger partial charge in [0.2, 0.25) is 11.8 Å². The first-order valence-electron chi connectivity index (χ1n) is 11.3. The summed E-state index contributed by atoms with van der Waals surface area (Å²) in [4.78, 5) is 74.6. The summed E-state index contributed by atoms with van der Waals surface area (Å²) in [6.07, 6.45) is 0. The number of amides is 2. The van der Waals surface area contributed by atoms with E-state index in [9.17, 15) is 19.2 Å². The topological polar surface area (TPSA) is 353 Å². The maximum atomic E-state index is 9.70. The lowest BCUT2D eigenvalue weighted by Crippen LogP contribution is -2.11. The van der Waals surface area contributed by atoms with E-state index < -0.39 is 23.9 Å². The van der Waals surface area contributed by atoms with Crippen molar-refractivity contribution in [3.63, 3.8) is 0 Å². The van der Waals surface area contributed by atoms with Gasteiger partial charge in [-0.25, -0.2) is 0 Å². The number of aliphatic hydroxyl groups is 2. The Hall–Kier alpha value is -4.40. The number of carboxylic acid groups (broad SMARTS) is 4. The number of carbonyl (C=O) groups excluding carboxylic acids is 4. The van der Waals surface area contributed by atoms with E-state index in [0.29, 0.717) is 0 Å². The van der Waals surface area contributed by atoms with Crippen molar-refractivity contribution in [1.82, 2.24) is 10.6 Å². The Labute approximate surface area is 260 Å². The normalized spacial score (nSPS) is 5.91. The van der Waals surface area contributed by atoms with Crippen LogP contribution in [-0.2, 0) is 47.8 Å². The maximum Gasteiger partial charge on any atom is 0.302 e. The third-order valence-corrected chi connectivity index (χ3v) is 1.28. The minimum atomic E-state index is -0.833. The van der Waals surface area contributed by atoms with E-state index in [1.54, 1.807) is 14.1 Å². The van der Waals surface area contributed by atoms with Crippen molar-refractivity contribution in [2.75, 3.05) is 56.6 Å². The summed E-state index contributed by atoms with van der Waals surface area (Å²) in [6.45, 7) is 10.0. The second-order valence-corrected chi connectivity index (χ2v) is 5.08. The van der Waals surface area contributed by atoms with Gasteiger partial charge in [-0.2, -0.15) is 0 Å². The molecule has 0 bridgehead atoms. The van der Waals surface area contributed by atoms with Gasteiger partial charge in [0, 0.05) is 83.7 Å². The molecule has 0 aromatic rings. The van der Waals surface area contributed by atoms with Crippen LogP contribution in [0.15, 0.2) is 0 Å². The highest BCUT2D eigenvalue weighted by atomic mass is 16.5. The van der Waals surface area contributed by atoms with Gasteiger partial charge in [-0.1, -0.05) is 0 Å². The van der Waals surface area contributed by atoms with E-state index in [2.05, 4.69) is 31.6 Å². The predicted octanol–water partition coefficient (Wildman–Crippen LogP) is -1.41. The lowest BCUT2D eigenvalue weighted by Gasteiger charge is -1.80. The molecule has 0 aliphatic heterocycles. The number of aliphatic carboxylic acids is 4. The average molecular weight is 661 g/mol. The molecule has 0 aromatic heterocycles. The largest absolute Gasteiger partial charge is 0.481 e. The van der Waals surface area contributed by atoms with Crippen LogP contribution in [0.5, 0.6) is 0 Å². The number of nitrogens with two attached hydrogens (primary N) is 2. The first-order chi connectivity index (χ1) is 20.0. The summed E-state index contributed by atoms with van der Waals surface area (Å²) in [6, 6.07) is 0.